The first kappa shape index (κ1) is 14.7. The summed E-state index contributed by atoms with van der Waals surface area (Å²) in [6, 6.07) is 14.8. The van der Waals surface area contributed by atoms with Crippen molar-refractivity contribution < 1.29 is 0 Å². The summed E-state index contributed by atoms with van der Waals surface area (Å²) < 4.78 is 1.83. The average Bonchev–Trinajstić information content (AvgIpc) is 3.23. The SMILES string of the molecule is Cn1cc(-c2ccccc2CNCc2ccc3nc[nH]c3c2)cn1. The number of imidazole rings is 1. The third kappa shape index (κ3) is 2.94. The fraction of sp³-hybridized carbons (Fsp3) is 0.158. The van der Waals surface area contributed by atoms with Gasteiger partial charge in [0.05, 0.1) is 23.6 Å². The van der Waals surface area contributed by atoms with E-state index >= 15 is 0 Å². The van der Waals surface area contributed by atoms with Gasteiger partial charge in [0.1, 0.15) is 0 Å². The lowest BCUT2D eigenvalue weighted by atomic mass is 10.0. The maximum atomic E-state index is 4.27. The van der Waals surface area contributed by atoms with Crippen molar-refractivity contribution in [2.45, 2.75) is 13.1 Å². The van der Waals surface area contributed by atoms with Crippen molar-refractivity contribution in [3.8, 4) is 11.1 Å². The van der Waals surface area contributed by atoms with Crippen LogP contribution in [-0.2, 0) is 20.1 Å². The second kappa shape index (κ2) is 6.29. The van der Waals surface area contributed by atoms with E-state index < -0.39 is 0 Å². The van der Waals surface area contributed by atoms with Gasteiger partial charge in [0.25, 0.3) is 0 Å². The molecule has 5 nitrogen and oxygen atoms in total. The van der Waals surface area contributed by atoms with Gasteiger partial charge in [-0.1, -0.05) is 30.3 Å². The van der Waals surface area contributed by atoms with Gasteiger partial charge in [-0.15, -0.1) is 0 Å². The summed E-state index contributed by atoms with van der Waals surface area (Å²) >= 11 is 0. The van der Waals surface area contributed by atoms with E-state index in [2.05, 4.69) is 56.8 Å². The predicted molar refractivity (Wildman–Crippen MR) is 95.3 cm³/mol. The Morgan fingerprint density at radius 1 is 1.12 bits per heavy atom. The Labute approximate surface area is 140 Å². The lowest BCUT2D eigenvalue weighted by molar-refractivity contribution is 0.695. The molecule has 2 aromatic carbocycles. The summed E-state index contributed by atoms with van der Waals surface area (Å²) in [4.78, 5) is 7.40. The summed E-state index contributed by atoms with van der Waals surface area (Å²) in [5, 5.41) is 7.80. The van der Waals surface area contributed by atoms with Gasteiger partial charge >= 0.3 is 0 Å². The minimum atomic E-state index is 0.812. The molecular weight excluding hydrogens is 298 g/mol. The van der Waals surface area contributed by atoms with Gasteiger partial charge in [-0.25, -0.2) is 4.98 Å². The molecule has 0 radical (unpaired) electrons. The van der Waals surface area contributed by atoms with E-state index in [0.717, 1.165) is 29.7 Å². The minimum absolute atomic E-state index is 0.812. The summed E-state index contributed by atoms with van der Waals surface area (Å²) in [5.74, 6) is 0. The van der Waals surface area contributed by atoms with Gasteiger partial charge in [0.15, 0.2) is 0 Å². The fourth-order valence-electron chi connectivity index (χ4n) is 2.95. The monoisotopic (exact) mass is 317 g/mol. The zero-order chi connectivity index (χ0) is 16.4. The van der Waals surface area contributed by atoms with Crippen LogP contribution in [-0.4, -0.2) is 19.7 Å². The van der Waals surface area contributed by atoms with Gasteiger partial charge in [-0.05, 0) is 28.8 Å². The van der Waals surface area contributed by atoms with Crippen LogP contribution in [0.4, 0.5) is 0 Å². The van der Waals surface area contributed by atoms with Gasteiger partial charge in [-0.2, -0.15) is 5.10 Å². The molecule has 0 unspecified atom stereocenters. The highest BCUT2D eigenvalue weighted by Crippen LogP contribution is 2.23. The maximum absolute atomic E-state index is 4.27. The number of fused-ring (bicyclic) bond motifs is 1. The zero-order valence-corrected chi connectivity index (χ0v) is 13.5. The first-order valence-corrected chi connectivity index (χ1v) is 7.99. The molecule has 0 bridgehead atoms. The van der Waals surface area contributed by atoms with E-state index in [1.54, 1.807) is 6.33 Å². The van der Waals surface area contributed by atoms with E-state index in [4.69, 9.17) is 0 Å². The molecule has 4 rings (SSSR count). The van der Waals surface area contributed by atoms with Crippen LogP contribution in [0.5, 0.6) is 0 Å². The number of rotatable bonds is 5. The number of hydrogen-bond donors (Lipinski definition) is 2. The summed E-state index contributed by atoms with van der Waals surface area (Å²) in [6.45, 7) is 1.63. The lowest BCUT2D eigenvalue weighted by Crippen LogP contribution is -2.13. The standard InChI is InChI=1S/C19H19N5/c1-24-12-16(11-23-24)17-5-3-2-4-15(17)10-20-9-14-6-7-18-19(8-14)22-13-21-18/h2-8,11-13,20H,9-10H2,1H3,(H,21,22). The Morgan fingerprint density at radius 2 is 2.04 bits per heavy atom. The number of benzene rings is 2. The molecule has 24 heavy (non-hydrogen) atoms. The highest BCUT2D eigenvalue weighted by atomic mass is 15.2. The quantitative estimate of drug-likeness (QED) is 0.594. The summed E-state index contributed by atoms with van der Waals surface area (Å²) in [7, 11) is 1.94. The van der Waals surface area contributed by atoms with Crippen molar-refractivity contribution in [2.75, 3.05) is 0 Å². The Kier molecular flexibility index (Phi) is 3.84. The Bertz CT molecular complexity index is 966. The molecular formula is C19H19N5. The highest BCUT2D eigenvalue weighted by Gasteiger charge is 2.06. The van der Waals surface area contributed by atoms with E-state index in [9.17, 15) is 0 Å². The third-order valence-corrected chi connectivity index (χ3v) is 4.16. The van der Waals surface area contributed by atoms with Crippen LogP contribution >= 0.6 is 0 Å². The largest absolute Gasteiger partial charge is 0.345 e. The topological polar surface area (TPSA) is 58.5 Å². The second-order valence-corrected chi connectivity index (χ2v) is 5.92. The van der Waals surface area contributed by atoms with Crippen LogP contribution in [0.15, 0.2) is 61.2 Å². The van der Waals surface area contributed by atoms with Crippen LogP contribution < -0.4 is 5.32 Å². The van der Waals surface area contributed by atoms with Gasteiger partial charge in [0, 0.05) is 31.9 Å². The number of aromatic nitrogens is 4. The molecule has 0 saturated heterocycles. The Morgan fingerprint density at radius 3 is 2.92 bits per heavy atom. The van der Waals surface area contributed by atoms with Crippen molar-refractivity contribution in [3.05, 3.63) is 72.3 Å². The van der Waals surface area contributed by atoms with Crippen LogP contribution in [0.25, 0.3) is 22.2 Å². The first-order valence-electron chi connectivity index (χ1n) is 7.99. The molecule has 4 aromatic rings. The number of nitrogens with one attached hydrogen (secondary N) is 2. The second-order valence-electron chi connectivity index (χ2n) is 5.92. The highest BCUT2D eigenvalue weighted by molar-refractivity contribution is 5.75. The molecule has 0 atom stereocenters. The van der Waals surface area contributed by atoms with Crippen molar-refractivity contribution >= 4 is 11.0 Å². The summed E-state index contributed by atoms with van der Waals surface area (Å²) in [5.41, 5.74) is 6.96. The van der Waals surface area contributed by atoms with Gasteiger partial charge in [-0.3, -0.25) is 4.68 Å². The molecule has 2 heterocycles. The third-order valence-electron chi connectivity index (χ3n) is 4.16. The molecule has 0 saturated carbocycles. The molecule has 5 heteroatoms. The van der Waals surface area contributed by atoms with Crippen molar-refractivity contribution in [3.63, 3.8) is 0 Å². The van der Waals surface area contributed by atoms with Crippen LogP contribution in [0.3, 0.4) is 0 Å². The van der Waals surface area contributed by atoms with Crippen LogP contribution in [0, 0.1) is 0 Å². The maximum Gasteiger partial charge on any atom is 0.0931 e. The fourth-order valence-corrected chi connectivity index (χ4v) is 2.95. The molecule has 0 aliphatic heterocycles. The van der Waals surface area contributed by atoms with E-state index in [1.807, 2.05) is 30.2 Å². The van der Waals surface area contributed by atoms with Crippen LogP contribution in [0.2, 0.25) is 0 Å². The zero-order valence-electron chi connectivity index (χ0n) is 13.5. The summed E-state index contributed by atoms with van der Waals surface area (Å²) in [6.07, 6.45) is 5.68. The smallest absolute Gasteiger partial charge is 0.0931 e. The lowest BCUT2D eigenvalue weighted by Gasteiger charge is -2.09. The average molecular weight is 317 g/mol. The number of aryl methyl sites for hydroxylation is 1. The molecule has 0 fully saturated rings. The van der Waals surface area contributed by atoms with E-state index in [0.29, 0.717) is 0 Å². The molecule has 0 amide bonds. The molecule has 2 N–H and O–H groups in total. The molecule has 0 aliphatic carbocycles. The minimum Gasteiger partial charge on any atom is -0.345 e. The van der Waals surface area contributed by atoms with Gasteiger partial charge in [0.2, 0.25) is 0 Å². The Hall–Kier alpha value is -2.92. The molecule has 120 valence electrons. The molecule has 0 aliphatic rings. The van der Waals surface area contributed by atoms with Crippen LogP contribution in [0.1, 0.15) is 11.1 Å². The molecule has 2 aromatic heterocycles. The number of H-pyrrole nitrogens is 1. The number of hydrogen-bond acceptors (Lipinski definition) is 3. The predicted octanol–water partition coefficient (Wildman–Crippen LogP) is 3.25. The number of nitrogens with zero attached hydrogens (tertiary/aromatic N) is 3. The number of aromatic amines is 1. The van der Waals surface area contributed by atoms with Gasteiger partial charge < -0.3 is 10.3 Å². The normalized spacial score (nSPS) is 11.2. The Balaban J connectivity index is 1.48. The van der Waals surface area contributed by atoms with Crippen molar-refractivity contribution in [1.29, 1.82) is 0 Å². The van der Waals surface area contributed by atoms with E-state index in [-0.39, 0.29) is 0 Å². The molecule has 0 spiro atoms. The van der Waals surface area contributed by atoms with Crippen molar-refractivity contribution in [1.82, 2.24) is 25.1 Å². The van der Waals surface area contributed by atoms with E-state index in [1.165, 1.54) is 16.7 Å². The van der Waals surface area contributed by atoms with Crippen molar-refractivity contribution in [2.24, 2.45) is 7.05 Å². The first-order chi connectivity index (χ1) is 11.8.